The highest BCUT2D eigenvalue weighted by Crippen LogP contribution is 2.33. The van der Waals surface area contributed by atoms with Gasteiger partial charge in [-0.3, -0.25) is 9.98 Å². The van der Waals surface area contributed by atoms with E-state index in [2.05, 4.69) is 30.8 Å². The van der Waals surface area contributed by atoms with Crippen molar-refractivity contribution in [3.05, 3.63) is 45.3 Å². The maximum absolute atomic E-state index is 5.99. The third kappa shape index (κ3) is 2.02. The van der Waals surface area contributed by atoms with Crippen LogP contribution < -0.4 is 10.6 Å². The minimum Gasteiger partial charge on any atom is -0.369 e. The molecule has 1 atom stereocenters. The van der Waals surface area contributed by atoms with Crippen LogP contribution in [0.15, 0.2) is 45.4 Å². The predicted octanol–water partition coefficient (Wildman–Crippen LogP) is 2.78. The first-order valence-corrected chi connectivity index (χ1v) is 7.16. The SMILES string of the molecule is NC1=NCC(c2cncs2)N1c1ccc(Br)cc1. The lowest BCUT2D eigenvalue weighted by Crippen LogP contribution is -2.35. The lowest BCUT2D eigenvalue weighted by Gasteiger charge is -2.25. The Hall–Kier alpha value is -1.40. The van der Waals surface area contributed by atoms with Crippen LogP contribution in [0.4, 0.5) is 5.69 Å². The zero-order valence-corrected chi connectivity index (χ0v) is 11.9. The van der Waals surface area contributed by atoms with Crippen LogP contribution in [0.2, 0.25) is 0 Å². The molecule has 1 aromatic heterocycles. The highest BCUT2D eigenvalue weighted by Gasteiger charge is 2.29. The molecule has 1 unspecified atom stereocenters. The second kappa shape index (κ2) is 4.70. The number of benzene rings is 1. The molecule has 4 nitrogen and oxygen atoms in total. The average Bonchev–Trinajstić information content (AvgIpc) is 2.99. The Balaban J connectivity index is 1.97. The number of anilines is 1. The van der Waals surface area contributed by atoms with Crippen molar-refractivity contribution in [1.29, 1.82) is 0 Å². The number of hydrogen-bond donors (Lipinski definition) is 1. The fourth-order valence-corrected chi connectivity index (χ4v) is 2.99. The molecule has 6 heteroatoms. The molecule has 0 bridgehead atoms. The third-order valence-electron chi connectivity index (χ3n) is 2.87. The van der Waals surface area contributed by atoms with Crippen LogP contribution in [0.25, 0.3) is 0 Å². The number of guanidine groups is 1. The van der Waals surface area contributed by atoms with Gasteiger partial charge in [-0.15, -0.1) is 11.3 Å². The highest BCUT2D eigenvalue weighted by molar-refractivity contribution is 9.10. The van der Waals surface area contributed by atoms with E-state index in [4.69, 9.17) is 5.73 Å². The normalized spacial score (nSPS) is 19.1. The summed E-state index contributed by atoms with van der Waals surface area (Å²) < 4.78 is 1.05. The number of aliphatic imine (C=N–C) groups is 1. The molecule has 0 fully saturated rings. The van der Waals surface area contributed by atoms with Crippen molar-refractivity contribution in [2.75, 3.05) is 11.4 Å². The number of thiazole rings is 1. The van der Waals surface area contributed by atoms with Gasteiger partial charge in [0.05, 0.1) is 18.1 Å². The standard InChI is InChI=1S/C12H11BrN4S/c13-8-1-3-9(4-2-8)17-10(5-16-12(17)14)11-6-15-7-18-11/h1-4,6-7,10H,5H2,(H2,14,16). The molecule has 18 heavy (non-hydrogen) atoms. The van der Waals surface area contributed by atoms with E-state index in [9.17, 15) is 0 Å². The first-order chi connectivity index (χ1) is 8.75. The van der Waals surface area contributed by atoms with Gasteiger partial charge >= 0.3 is 0 Å². The summed E-state index contributed by atoms with van der Waals surface area (Å²) in [6.45, 7) is 0.685. The van der Waals surface area contributed by atoms with Crippen LogP contribution >= 0.6 is 27.3 Å². The van der Waals surface area contributed by atoms with E-state index in [1.807, 2.05) is 36.0 Å². The molecule has 1 aliphatic heterocycles. The topological polar surface area (TPSA) is 54.5 Å². The molecule has 0 amide bonds. The Kier molecular flexibility index (Phi) is 3.05. The number of aromatic nitrogens is 1. The molecule has 1 aliphatic rings. The van der Waals surface area contributed by atoms with E-state index < -0.39 is 0 Å². The summed E-state index contributed by atoms with van der Waals surface area (Å²) in [6.07, 6.45) is 1.88. The number of hydrogen-bond acceptors (Lipinski definition) is 5. The van der Waals surface area contributed by atoms with Gasteiger partial charge in [0.15, 0.2) is 5.96 Å². The van der Waals surface area contributed by atoms with Gasteiger partial charge < -0.3 is 10.6 Å². The van der Waals surface area contributed by atoms with Crippen LogP contribution in [0.1, 0.15) is 10.9 Å². The second-order valence-electron chi connectivity index (χ2n) is 3.96. The summed E-state index contributed by atoms with van der Waals surface area (Å²) in [6, 6.07) is 8.24. The molecule has 3 rings (SSSR count). The summed E-state index contributed by atoms with van der Waals surface area (Å²) in [5, 5.41) is 0. The van der Waals surface area contributed by atoms with Crippen LogP contribution in [0, 0.1) is 0 Å². The lowest BCUT2D eigenvalue weighted by atomic mass is 10.2. The zero-order chi connectivity index (χ0) is 12.5. The summed E-state index contributed by atoms with van der Waals surface area (Å²) in [5.74, 6) is 0.565. The van der Waals surface area contributed by atoms with Crippen molar-refractivity contribution in [3.8, 4) is 0 Å². The van der Waals surface area contributed by atoms with Crippen molar-refractivity contribution in [2.24, 2.45) is 10.7 Å². The first-order valence-electron chi connectivity index (χ1n) is 5.49. The molecular weight excluding hydrogens is 312 g/mol. The van der Waals surface area contributed by atoms with E-state index in [0.717, 1.165) is 10.2 Å². The van der Waals surface area contributed by atoms with E-state index >= 15 is 0 Å². The van der Waals surface area contributed by atoms with Gasteiger partial charge in [0, 0.05) is 21.2 Å². The number of halogens is 1. The molecule has 92 valence electrons. The Morgan fingerprint density at radius 1 is 1.33 bits per heavy atom. The summed E-state index contributed by atoms with van der Waals surface area (Å²) in [4.78, 5) is 11.7. The van der Waals surface area contributed by atoms with E-state index in [0.29, 0.717) is 12.5 Å². The van der Waals surface area contributed by atoms with Crippen molar-refractivity contribution < 1.29 is 0 Å². The maximum atomic E-state index is 5.99. The smallest absolute Gasteiger partial charge is 0.196 e. The molecule has 2 N–H and O–H groups in total. The summed E-state index contributed by atoms with van der Waals surface area (Å²) >= 11 is 5.07. The first kappa shape index (κ1) is 11.7. The largest absolute Gasteiger partial charge is 0.369 e. The van der Waals surface area contributed by atoms with Crippen molar-refractivity contribution in [1.82, 2.24) is 4.98 Å². The van der Waals surface area contributed by atoms with Gasteiger partial charge in [-0.1, -0.05) is 15.9 Å². The van der Waals surface area contributed by atoms with Gasteiger partial charge in [-0.2, -0.15) is 0 Å². The monoisotopic (exact) mass is 322 g/mol. The lowest BCUT2D eigenvalue weighted by molar-refractivity contribution is 0.782. The molecule has 2 aromatic rings. The Morgan fingerprint density at radius 3 is 2.78 bits per heavy atom. The van der Waals surface area contributed by atoms with E-state index in [1.165, 1.54) is 4.88 Å². The summed E-state index contributed by atoms with van der Waals surface area (Å²) in [7, 11) is 0. The highest BCUT2D eigenvalue weighted by atomic mass is 79.9. The van der Waals surface area contributed by atoms with Gasteiger partial charge in [0.1, 0.15) is 0 Å². The molecule has 0 saturated heterocycles. The second-order valence-corrected chi connectivity index (χ2v) is 5.80. The zero-order valence-electron chi connectivity index (χ0n) is 9.45. The maximum Gasteiger partial charge on any atom is 0.196 e. The summed E-state index contributed by atoms with van der Waals surface area (Å²) in [5.41, 5.74) is 8.88. The minimum absolute atomic E-state index is 0.165. The van der Waals surface area contributed by atoms with Gasteiger partial charge in [0.25, 0.3) is 0 Å². The van der Waals surface area contributed by atoms with Crippen molar-refractivity contribution >= 4 is 38.9 Å². The van der Waals surface area contributed by atoms with Crippen LogP contribution in [0.5, 0.6) is 0 Å². The van der Waals surface area contributed by atoms with Crippen LogP contribution in [0.3, 0.4) is 0 Å². The number of nitrogens with zero attached hydrogens (tertiary/aromatic N) is 3. The van der Waals surface area contributed by atoms with E-state index in [1.54, 1.807) is 11.3 Å². The van der Waals surface area contributed by atoms with Crippen molar-refractivity contribution in [3.63, 3.8) is 0 Å². The minimum atomic E-state index is 0.165. The van der Waals surface area contributed by atoms with Gasteiger partial charge in [-0.25, -0.2) is 0 Å². The predicted molar refractivity (Wildman–Crippen MR) is 78.0 cm³/mol. The molecule has 0 saturated carbocycles. The fourth-order valence-electron chi connectivity index (χ4n) is 2.02. The van der Waals surface area contributed by atoms with Crippen LogP contribution in [-0.2, 0) is 0 Å². The molecule has 1 aromatic carbocycles. The van der Waals surface area contributed by atoms with Gasteiger partial charge in [0.2, 0.25) is 0 Å². The van der Waals surface area contributed by atoms with Crippen molar-refractivity contribution in [2.45, 2.75) is 6.04 Å². The van der Waals surface area contributed by atoms with Gasteiger partial charge in [-0.05, 0) is 24.3 Å². The Morgan fingerprint density at radius 2 is 2.11 bits per heavy atom. The quantitative estimate of drug-likeness (QED) is 0.925. The molecule has 0 radical (unpaired) electrons. The Labute approximate surface area is 117 Å². The molecule has 2 heterocycles. The molecule has 0 spiro atoms. The number of nitrogens with two attached hydrogens (primary N) is 1. The fraction of sp³-hybridized carbons (Fsp3) is 0.167. The average molecular weight is 323 g/mol. The molecular formula is C12H11BrN4S. The van der Waals surface area contributed by atoms with E-state index in [-0.39, 0.29) is 6.04 Å². The number of rotatable bonds is 2. The molecule has 0 aliphatic carbocycles. The third-order valence-corrected chi connectivity index (χ3v) is 4.27. The Bertz CT molecular complexity index is 564. The van der Waals surface area contributed by atoms with Crippen LogP contribution in [-0.4, -0.2) is 17.5 Å².